The molecule has 0 bridgehead atoms. The Morgan fingerprint density at radius 1 is 1.60 bits per heavy atom. The number of hydrogen-bond donors (Lipinski definition) is 0. The van der Waals surface area contributed by atoms with Gasteiger partial charge in [-0.3, -0.25) is 4.98 Å². The number of pyridine rings is 1. The molecular formula is C10H9ClF2N2. The van der Waals surface area contributed by atoms with Crippen molar-refractivity contribution in [3.8, 4) is 6.07 Å². The van der Waals surface area contributed by atoms with Gasteiger partial charge in [0.1, 0.15) is 0 Å². The van der Waals surface area contributed by atoms with E-state index in [0.717, 1.165) is 0 Å². The number of halogens is 3. The summed E-state index contributed by atoms with van der Waals surface area (Å²) in [6, 6.07) is 1.83. The van der Waals surface area contributed by atoms with Gasteiger partial charge in [0.15, 0.2) is 0 Å². The van der Waals surface area contributed by atoms with Crippen LogP contribution in [0.15, 0.2) is 6.20 Å². The van der Waals surface area contributed by atoms with Crippen LogP contribution in [0, 0.1) is 18.3 Å². The molecule has 0 aliphatic carbocycles. The van der Waals surface area contributed by atoms with E-state index in [1.54, 1.807) is 6.92 Å². The lowest BCUT2D eigenvalue weighted by molar-refractivity contribution is 0.149. The van der Waals surface area contributed by atoms with Crippen LogP contribution in [0.3, 0.4) is 0 Å². The van der Waals surface area contributed by atoms with Crippen molar-refractivity contribution < 1.29 is 8.78 Å². The zero-order valence-electron chi connectivity index (χ0n) is 8.10. The molecule has 0 atom stereocenters. The van der Waals surface area contributed by atoms with E-state index in [0.29, 0.717) is 11.3 Å². The van der Waals surface area contributed by atoms with Crippen LogP contribution in [-0.4, -0.2) is 4.98 Å². The monoisotopic (exact) mass is 230 g/mol. The molecule has 1 heterocycles. The summed E-state index contributed by atoms with van der Waals surface area (Å²) in [6.45, 7) is 1.62. The maximum Gasteiger partial charge on any atom is 0.264 e. The molecule has 1 aromatic heterocycles. The molecule has 0 aliphatic heterocycles. The summed E-state index contributed by atoms with van der Waals surface area (Å²) in [5.74, 6) is -0.0161. The number of hydrogen-bond acceptors (Lipinski definition) is 2. The minimum Gasteiger partial charge on any atom is -0.261 e. The Hall–Kier alpha value is -1.21. The Labute approximate surface area is 91.5 Å². The highest BCUT2D eigenvalue weighted by Gasteiger charge is 2.19. The molecule has 5 heteroatoms. The molecular weight excluding hydrogens is 222 g/mol. The van der Waals surface area contributed by atoms with Gasteiger partial charge in [-0.15, -0.1) is 11.6 Å². The van der Waals surface area contributed by atoms with Crippen molar-refractivity contribution in [2.45, 2.75) is 25.7 Å². The summed E-state index contributed by atoms with van der Waals surface area (Å²) in [4.78, 5) is 3.94. The van der Waals surface area contributed by atoms with Gasteiger partial charge >= 0.3 is 0 Å². The first-order valence-corrected chi connectivity index (χ1v) is 4.83. The largest absolute Gasteiger partial charge is 0.264 e. The van der Waals surface area contributed by atoms with Crippen LogP contribution in [0.2, 0.25) is 0 Å². The highest BCUT2D eigenvalue weighted by molar-refractivity contribution is 6.17. The summed E-state index contributed by atoms with van der Waals surface area (Å²) in [7, 11) is 0. The van der Waals surface area contributed by atoms with Gasteiger partial charge in [0, 0.05) is 23.3 Å². The molecule has 1 aromatic rings. The molecule has 0 spiro atoms. The second kappa shape index (κ2) is 5.04. The first-order chi connectivity index (χ1) is 7.11. The van der Waals surface area contributed by atoms with E-state index >= 15 is 0 Å². The summed E-state index contributed by atoms with van der Waals surface area (Å²) in [6.07, 6.45) is -1.38. The van der Waals surface area contributed by atoms with Gasteiger partial charge < -0.3 is 0 Å². The average Bonchev–Trinajstić information content (AvgIpc) is 2.20. The summed E-state index contributed by atoms with van der Waals surface area (Å²) in [5.41, 5.74) is 0.939. The van der Waals surface area contributed by atoms with E-state index in [-0.39, 0.29) is 23.4 Å². The maximum atomic E-state index is 12.8. The summed E-state index contributed by atoms with van der Waals surface area (Å²) < 4.78 is 25.6. The smallest absolute Gasteiger partial charge is 0.261 e. The molecule has 0 radical (unpaired) electrons. The average molecular weight is 231 g/mol. The molecule has 0 aromatic carbocycles. The number of rotatable bonds is 3. The number of alkyl halides is 3. The number of nitriles is 1. The van der Waals surface area contributed by atoms with Crippen molar-refractivity contribution in [3.63, 3.8) is 0 Å². The minimum absolute atomic E-state index is 0.0161. The molecule has 0 unspecified atom stereocenters. The topological polar surface area (TPSA) is 36.7 Å². The molecule has 1 rings (SSSR count). The Balaban J connectivity index is 3.36. The maximum absolute atomic E-state index is 12.8. The van der Waals surface area contributed by atoms with Crippen LogP contribution < -0.4 is 0 Å². The summed E-state index contributed by atoms with van der Waals surface area (Å²) in [5, 5.41) is 8.50. The number of nitrogens with zero attached hydrogens (tertiary/aromatic N) is 2. The molecule has 0 amide bonds. The van der Waals surface area contributed by atoms with Crippen LogP contribution >= 0.6 is 11.6 Å². The van der Waals surface area contributed by atoms with Crippen molar-refractivity contribution in [2.75, 3.05) is 0 Å². The van der Waals surface area contributed by atoms with E-state index in [2.05, 4.69) is 4.98 Å². The second-order valence-corrected chi connectivity index (χ2v) is 3.30. The quantitative estimate of drug-likeness (QED) is 0.748. The lowest BCUT2D eigenvalue weighted by Gasteiger charge is -2.12. The third-order valence-corrected chi connectivity index (χ3v) is 2.41. The van der Waals surface area contributed by atoms with Crippen LogP contribution in [0.25, 0.3) is 0 Å². The van der Waals surface area contributed by atoms with E-state index in [1.807, 2.05) is 6.07 Å². The van der Waals surface area contributed by atoms with Gasteiger partial charge in [-0.05, 0) is 18.1 Å². The molecule has 80 valence electrons. The lowest BCUT2D eigenvalue weighted by Crippen LogP contribution is -2.04. The molecule has 0 saturated carbocycles. The second-order valence-electron chi connectivity index (χ2n) is 3.03. The van der Waals surface area contributed by atoms with Gasteiger partial charge in [0.25, 0.3) is 6.43 Å². The highest BCUT2D eigenvalue weighted by atomic mass is 35.5. The normalized spacial score (nSPS) is 10.4. The Bertz CT molecular complexity index is 399. The predicted molar refractivity (Wildman–Crippen MR) is 52.8 cm³/mol. The molecule has 15 heavy (non-hydrogen) atoms. The predicted octanol–water partition coefficient (Wildman–Crippen LogP) is 3.13. The SMILES string of the molecule is Cc1ncc(CC#N)c(C(F)F)c1CCl. The zero-order chi connectivity index (χ0) is 11.4. The Morgan fingerprint density at radius 2 is 2.27 bits per heavy atom. The van der Waals surface area contributed by atoms with Crippen LogP contribution in [0.4, 0.5) is 8.78 Å². The van der Waals surface area contributed by atoms with Crippen molar-refractivity contribution in [1.82, 2.24) is 4.98 Å². The highest BCUT2D eigenvalue weighted by Crippen LogP contribution is 2.29. The molecule has 0 N–H and O–H groups in total. The zero-order valence-corrected chi connectivity index (χ0v) is 8.85. The lowest BCUT2D eigenvalue weighted by atomic mass is 10.0. The van der Waals surface area contributed by atoms with Gasteiger partial charge in [-0.1, -0.05) is 0 Å². The molecule has 0 saturated heterocycles. The summed E-state index contributed by atoms with van der Waals surface area (Å²) >= 11 is 5.60. The van der Waals surface area contributed by atoms with Crippen molar-refractivity contribution >= 4 is 11.6 Å². The van der Waals surface area contributed by atoms with Crippen LogP contribution in [0.1, 0.15) is 28.8 Å². The van der Waals surface area contributed by atoms with Gasteiger partial charge in [0.2, 0.25) is 0 Å². The molecule has 0 fully saturated rings. The fourth-order valence-corrected chi connectivity index (χ4v) is 1.71. The van der Waals surface area contributed by atoms with E-state index in [9.17, 15) is 8.78 Å². The van der Waals surface area contributed by atoms with Crippen LogP contribution in [0.5, 0.6) is 0 Å². The fraction of sp³-hybridized carbons (Fsp3) is 0.400. The van der Waals surface area contributed by atoms with Crippen molar-refractivity contribution in [3.05, 3.63) is 28.6 Å². The molecule has 2 nitrogen and oxygen atoms in total. The number of aromatic nitrogens is 1. The van der Waals surface area contributed by atoms with Gasteiger partial charge in [-0.25, -0.2) is 8.78 Å². The Kier molecular flexibility index (Phi) is 3.98. The number of aryl methyl sites for hydroxylation is 1. The van der Waals surface area contributed by atoms with Crippen molar-refractivity contribution in [2.24, 2.45) is 0 Å². The third-order valence-electron chi connectivity index (χ3n) is 2.14. The van der Waals surface area contributed by atoms with E-state index in [4.69, 9.17) is 16.9 Å². The van der Waals surface area contributed by atoms with E-state index in [1.165, 1.54) is 6.20 Å². The standard InChI is InChI=1S/C10H9ClF2N2/c1-6-8(4-11)9(10(12)13)7(2-3-14)5-15-6/h5,10H,2,4H2,1H3. The fourth-order valence-electron chi connectivity index (χ4n) is 1.38. The Morgan fingerprint density at radius 3 is 2.73 bits per heavy atom. The first kappa shape index (κ1) is 11.9. The van der Waals surface area contributed by atoms with Crippen LogP contribution in [-0.2, 0) is 12.3 Å². The van der Waals surface area contributed by atoms with Gasteiger partial charge in [0.05, 0.1) is 12.5 Å². The van der Waals surface area contributed by atoms with Crippen molar-refractivity contribution in [1.29, 1.82) is 5.26 Å². The molecule has 0 aliphatic rings. The van der Waals surface area contributed by atoms with E-state index < -0.39 is 6.43 Å². The third kappa shape index (κ3) is 2.42. The van der Waals surface area contributed by atoms with Gasteiger partial charge in [-0.2, -0.15) is 5.26 Å². The first-order valence-electron chi connectivity index (χ1n) is 4.30. The minimum atomic E-state index is -2.62.